The normalized spacial score (nSPS) is 10.9. The van der Waals surface area contributed by atoms with Crippen molar-refractivity contribution in [2.45, 2.75) is 13.3 Å². The maximum Gasteiger partial charge on any atom is 0.263 e. The molecule has 0 radical (unpaired) electrons. The van der Waals surface area contributed by atoms with E-state index < -0.39 is 5.91 Å². The second-order valence-electron chi connectivity index (χ2n) is 4.28. The Labute approximate surface area is 134 Å². The number of benzene rings is 1. The summed E-state index contributed by atoms with van der Waals surface area (Å²) in [5.41, 5.74) is 0.209. The Morgan fingerprint density at radius 3 is 3.00 bits per heavy atom. The van der Waals surface area contributed by atoms with Gasteiger partial charge in [0.05, 0.1) is 5.69 Å². The fraction of sp³-hybridized carbons (Fsp3) is 0.333. The Morgan fingerprint density at radius 1 is 1.55 bits per heavy atom. The summed E-state index contributed by atoms with van der Waals surface area (Å²) >= 11 is 5.81. The summed E-state index contributed by atoms with van der Waals surface area (Å²) in [4.78, 5) is 11.8. The van der Waals surface area contributed by atoms with Crippen LogP contribution in [0.3, 0.4) is 0 Å². The van der Waals surface area contributed by atoms with Crippen molar-refractivity contribution in [1.29, 1.82) is 5.26 Å². The van der Waals surface area contributed by atoms with Crippen LogP contribution in [0.4, 0.5) is 5.69 Å². The van der Waals surface area contributed by atoms with Crippen LogP contribution in [0.15, 0.2) is 30.0 Å². The fourth-order valence-corrected chi connectivity index (χ4v) is 1.71. The lowest BCUT2D eigenvalue weighted by Gasteiger charge is -2.07. The van der Waals surface area contributed by atoms with Gasteiger partial charge in [-0.2, -0.15) is 5.26 Å². The number of nitrogens with zero attached hydrogens (tertiary/aromatic N) is 1. The molecule has 118 valence electrons. The molecule has 7 heteroatoms. The van der Waals surface area contributed by atoms with Gasteiger partial charge in [0.2, 0.25) is 0 Å². The number of hydrogen-bond donors (Lipinski definition) is 3. The van der Waals surface area contributed by atoms with Gasteiger partial charge < -0.3 is 20.5 Å². The van der Waals surface area contributed by atoms with Crippen LogP contribution in [0.2, 0.25) is 5.02 Å². The SMILES string of the molecule is CCOCCCNC(=O)/C(C#N)=C\Nc1cc(Cl)ccc1O. The third-order valence-corrected chi connectivity index (χ3v) is 2.89. The molecular weight excluding hydrogens is 306 g/mol. The number of ether oxygens (including phenoxy) is 1. The number of carbonyl (C=O) groups is 1. The van der Waals surface area contributed by atoms with Gasteiger partial charge in [-0.15, -0.1) is 0 Å². The van der Waals surface area contributed by atoms with Gasteiger partial charge >= 0.3 is 0 Å². The zero-order valence-electron chi connectivity index (χ0n) is 12.2. The maximum absolute atomic E-state index is 11.8. The van der Waals surface area contributed by atoms with E-state index in [1.54, 1.807) is 6.07 Å². The van der Waals surface area contributed by atoms with Crippen LogP contribution in [0, 0.1) is 11.3 Å². The molecule has 0 aliphatic heterocycles. The Balaban J connectivity index is 2.57. The lowest BCUT2D eigenvalue weighted by molar-refractivity contribution is -0.117. The van der Waals surface area contributed by atoms with Crippen molar-refractivity contribution in [2.24, 2.45) is 0 Å². The molecule has 1 aromatic rings. The van der Waals surface area contributed by atoms with E-state index in [9.17, 15) is 9.90 Å². The lowest BCUT2D eigenvalue weighted by Crippen LogP contribution is -2.26. The van der Waals surface area contributed by atoms with E-state index in [-0.39, 0.29) is 11.3 Å². The highest BCUT2D eigenvalue weighted by atomic mass is 35.5. The number of anilines is 1. The highest BCUT2D eigenvalue weighted by molar-refractivity contribution is 6.30. The predicted molar refractivity (Wildman–Crippen MR) is 84.6 cm³/mol. The van der Waals surface area contributed by atoms with Gasteiger partial charge in [-0.3, -0.25) is 4.79 Å². The fourth-order valence-electron chi connectivity index (χ4n) is 1.54. The first-order valence-corrected chi connectivity index (χ1v) is 7.17. The van der Waals surface area contributed by atoms with Crippen molar-refractivity contribution < 1.29 is 14.6 Å². The molecule has 0 saturated heterocycles. The topological polar surface area (TPSA) is 94.4 Å². The summed E-state index contributed by atoms with van der Waals surface area (Å²) in [6.45, 7) is 3.49. The van der Waals surface area contributed by atoms with Crippen LogP contribution >= 0.6 is 11.6 Å². The summed E-state index contributed by atoms with van der Waals surface area (Å²) in [6, 6.07) is 6.23. The number of nitrogens with one attached hydrogen (secondary N) is 2. The number of hydrogen-bond acceptors (Lipinski definition) is 5. The van der Waals surface area contributed by atoms with Crippen molar-refractivity contribution in [1.82, 2.24) is 5.32 Å². The van der Waals surface area contributed by atoms with Gasteiger partial charge in [0, 0.05) is 31.0 Å². The number of phenols is 1. The van der Waals surface area contributed by atoms with Crippen molar-refractivity contribution in [2.75, 3.05) is 25.1 Å². The maximum atomic E-state index is 11.8. The van der Waals surface area contributed by atoms with Gasteiger partial charge in [0.25, 0.3) is 5.91 Å². The van der Waals surface area contributed by atoms with E-state index in [4.69, 9.17) is 21.6 Å². The second kappa shape index (κ2) is 9.66. The molecule has 0 atom stereocenters. The van der Waals surface area contributed by atoms with Crippen LogP contribution in [-0.4, -0.2) is 30.8 Å². The van der Waals surface area contributed by atoms with Crippen LogP contribution in [0.5, 0.6) is 5.75 Å². The summed E-state index contributed by atoms with van der Waals surface area (Å²) < 4.78 is 5.15. The Hall–Kier alpha value is -2.23. The summed E-state index contributed by atoms with van der Waals surface area (Å²) in [5, 5.41) is 24.4. The van der Waals surface area contributed by atoms with Gasteiger partial charge in [0.15, 0.2) is 0 Å². The summed E-state index contributed by atoms with van der Waals surface area (Å²) in [6.07, 6.45) is 1.89. The monoisotopic (exact) mass is 323 g/mol. The van der Waals surface area contributed by atoms with Crippen LogP contribution < -0.4 is 10.6 Å². The first-order valence-electron chi connectivity index (χ1n) is 6.79. The first-order chi connectivity index (χ1) is 10.6. The molecule has 1 rings (SSSR count). The Morgan fingerprint density at radius 2 is 2.32 bits per heavy atom. The molecule has 0 saturated carbocycles. The average Bonchev–Trinajstić information content (AvgIpc) is 2.51. The smallest absolute Gasteiger partial charge is 0.263 e. The van der Waals surface area contributed by atoms with E-state index in [1.807, 2.05) is 6.92 Å². The summed E-state index contributed by atoms with van der Waals surface area (Å²) in [5.74, 6) is -0.525. The predicted octanol–water partition coefficient (Wildman–Crippen LogP) is 2.41. The minimum Gasteiger partial charge on any atom is -0.506 e. The van der Waals surface area contributed by atoms with Gasteiger partial charge in [-0.1, -0.05) is 11.6 Å². The van der Waals surface area contributed by atoms with E-state index in [0.717, 1.165) is 0 Å². The highest BCUT2D eigenvalue weighted by Crippen LogP contribution is 2.26. The molecule has 0 aliphatic rings. The number of amides is 1. The van der Waals surface area contributed by atoms with Crippen molar-refractivity contribution in [3.05, 3.63) is 35.0 Å². The first kappa shape index (κ1) is 17.8. The molecular formula is C15H18ClN3O3. The third-order valence-electron chi connectivity index (χ3n) is 2.65. The molecule has 6 nitrogen and oxygen atoms in total. The molecule has 0 aromatic heterocycles. The van der Waals surface area contributed by atoms with Crippen molar-refractivity contribution >= 4 is 23.2 Å². The minimum atomic E-state index is -0.493. The molecule has 1 aromatic carbocycles. The standard InChI is InChI=1S/C15H18ClN3O3/c1-2-22-7-3-6-18-15(21)11(9-17)10-19-13-8-12(16)4-5-14(13)20/h4-5,8,10,19-20H,2-3,6-7H2,1H3,(H,18,21)/b11-10-. The van der Waals surface area contributed by atoms with Crippen LogP contribution in [-0.2, 0) is 9.53 Å². The van der Waals surface area contributed by atoms with Gasteiger partial charge in [-0.05, 0) is 31.5 Å². The second-order valence-corrected chi connectivity index (χ2v) is 4.72. The number of rotatable bonds is 8. The zero-order chi connectivity index (χ0) is 16.4. The molecule has 0 heterocycles. The zero-order valence-corrected chi connectivity index (χ0v) is 13.0. The molecule has 22 heavy (non-hydrogen) atoms. The molecule has 0 unspecified atom stereocenters. The molecule has 0 bridgehead atoms. The molecule has 3 N–H and O–H groups in total. The van der Waals surface area contributed by atoms with E-state index in [2.05, 4.69) is 10.6 Å². The largest absolute Gasteiger partial charge is 0.506 e. The Kier molecular flexibility index (Phi) is 7.83. The average molecular weight is 324 g/mol. The molecule has 0 spiro atoms. The van der Waals surface area contributed by atoms with E-state index in [1.165, 1.54) is 24.4 Å². The van der Waals surface area contributed by atoms with Crippen LogP contribution in [0.25, 0.3) is 0 Å². The number of aromatic hydroxyl groups is 1. The van der Waals surface area contributed by atoms with E-state index >= 15 is 0 Å². The van der Waals surface area contributed by atoms with Gasteiger partial charge in [-0.25, -0.2) is 0 Å². The van der Waals surface area contributed by atoms with E-state index in [0.29, 0.717) is 36.9 Å². The quantitative estimate of drug-likeness (QED) is 0.295. The third kappa shape index (κ3) is 6.04. The number of phenolic OH excluding ortho intramolecular Hbond substituents is 1. The molecule has 1 amide bonds. The van der Waals surface area contributed by atoms with Crippen molar-refractivity contribution in [3.8, 4) is 11.8 Å². The number of halogens is 1. The molecule has 0 fully saturated rings. The molecule has 0 aliphatic carbocycles. The van der Waals surface area contributed by atoms with Gasteiger partial charge in [0.1, 0.15) is 17.4 Å². The lowest BCUT2D eigenvalue weighted by atomic mass is 10.2. The van der Waals surface area contributed by atoms with Crippen molar-refractivity contribution in [3.63, 3.8) is 0 Å². The number of nitriles is 1. The van der Waals surface area contributed by atoms with Crippen LogP contribution in [0.1, 0.15) is 13.3 Å². The highest BCUT2D eigenvalue weighted by Gasteiger charge is 2.08. The Bertz CT molecular complexity index is 582. The minimum absolute atomic E-state index is 0.0323. The number of carbonyl (C=O) groups excluding carboxylic acids is 1. The summed E-state index contributed by atoms with van der Waals surface area (Å²) in [7, 11) is 0.